The van der Waals surface area contributed by atoms with Crippen molar-refractivity contribution in [1.82, 2.24) is 0 Å². The molecule has 0 aliphatic carbocycles. The van der Waals surface area contributed by atoms with Gasteiger partial charge in [0.25, 0.3) is 0 Å². The van der Waals surface area contributed by atoms with E-state index in [0.29, 0.717) is 5.75 Å². The number of rotatable bonds is 3. The van der Waals surface area contributed by atoms with E-state index >= 15 is 0 Å². The molecule has 0 aliphatic heterocycles. The van der Waals surface area contributed by atoms with Gasteiger partial charge < -0.3 is 9.84 Å². The van der Waals surface area contributed by atoms with Gasteiger partial charge in [-0.15, -0.1) is 0 Å². The third-order valence-corrected chi connectivity index (χ3v) is 2.94. The zero-order valence-electron chi connectivity index (χ0n) is 8.00. The van der Waals surface area contributed by atoms with Crippen LogP contribution in [-0.2, 0) is 0 Å². The van der Waals surface area contributed by atoms with Gasteiger partial charge in [0.1, 0.15) is 5.75 Å². The minimum atomic E-state index is -0.567. The molecular formula is C10H12Br2O2. The molecule has 78 valence electrons. The number of hydrogen-bond acceptors (Lipinski definition) is 2. The number of methoxy groups -OCH3 is 1. The molecule has 0 saturated carbocycles. The van der Waals surface area contributed by atoms with E-state index in [-0.39, 0.29) is 4.83 Å². The molecule has 1 aromatic rings. The molecule has 0 bridgehead atoms. The van der Waals surface area contributed by atoms with Gasteiger partial charge in [0.15, 0.2) is 0 Å². The van der Waals surface area contributed by atoms with Crippen molar-refractivity contribution in [1.29, 1.82) is 0 Å². The van der Waals surface area contributed by atoms with Crippen LogP contribution in [0.4, 0.5) is 0 Å². The zero-order chi connectivity index (χ0) is 10.7. The third-order valence-electron chi connectivity index (χ3n) is 1.95. The van der Waals surface area contributed by atoms with Gasteiger partial charge in [-0.3, -0.25) is 0 Å². The van der Waals surface area contributed by atoms with Gasteiger partial charge in [0, 0.05) is 14.9 Å². The minimum Gasteiger partial charge on any atom is -0.496 e. The number of alkyl halides is 1. The summed E-state index contributed by atoms with van der Waals surface area (Å²) in [5.74, 6) is 0.701. The second-order valence-electron chi connectivity index (χ2n) is 3.01. The van der Waals surface area contributed by atoms with E-state index in [4.69, 9.17) is 4.74 Å². The highest BCUT2D eigenvalue weighted by Gasteiger charge is 2.17. The zero-order valence-corrected chi connectivity index (χ0v) is 11.2. The van der Waals surface area contributed by atoms with Gasteiger partial charge in [-0.2, -0.15) is 0 Å². The number of hydrogen-bond donors (Lipinski definition) is 1. The van der Waals surface area contributed by atoms with E-state index < -0.39 is 6.10 Å². The van der Waals surface area contributed by atoms with Gasteiger partial charge >= 0.3 is 0 Å². The van der Waals surface area contributed by atoms with Gasteiger partial charge in [0.05, 0.1) is 13.2 Å². The van der Waals surface area contributed by atoms with E-state index in [1.807, 2.05) is 25.1 Å². The molecule has 0 amide bonds. The molecule has 2 nitrogen and oxygen atoms in total. The van der Waals surface area contributed by atoms with Gasteiger partial charge in [-0.05, 0) is 25.1 Å². The summed E-state index contributed by atoms with van der Waals surface area (Å²) in [6, 6.07) is 5.58. The topological polar surface area (TPSA) is 29.5 Å². The number of benzene rings is 1. The highest BCUT2D eigenvalue weighted by molar-refractivity contribution is 9.10. The summed E-state index contributed by atoms with van der Waals surface area (Å²) in [4.78, 5) is -0.00861. The lowest BCUT2D eigenvalue weighted by Crippen LogP contribution is -2.09. The first-order valence-electron chi connectivity index (χ1n) is 4.22. The van der Waals surface area contributed by atoms with Crippen LogP contribution >= 0.6 is 31.9 Å². The Morgan fingerprint density at radius 1 is 1.43 bits per heavy atom. The van der Waals surface area contributed by atoms with Crippen LogP contribution in [0.25, 0.3) is 0 Å². The highest BCUT2D eigenvalue weighted by Crippen LogP contribution is 2.32. The molecule has 0 aliphatic rings. The molecule has 0 heterocycles. The average molecular weight is 324 g/mol. The molecule has 14 heavy (non-hydrogen) atoms. The maximum atomic E-state index is 9.89. The predicted molar refractivity (Wildman–Crippen MR) is 64.0 cm³/mol. The summed E-state index contributed by atoms with van der Waals surface area (Å²) >= 11 is 6.70. The first kappa shape index (κ1) is 12.0. The SMILES string of the molecule is COc1ccc(Br)cc1C(O)C(C)Br. The van der Waals surface area contributed by atoms with Crippen molar-refractivity contribution in [3.05, 3.63) is 28.2 Å². The van der Waals surface area contributed by atoms with Crippen LogP contribution in [-0.4, -0.2) is 17.0 Å². The molecule has 0 saturated heterocycles. The van der Waals surface area contributed by atoms with Crippen molar-refractivity contribution in [2.75, 3.05) is 7.11 Å². The predicted octanol–water partition coefficient (Wildman–Crippen LogP) is 3.27. The maximum Gasteiger partial charge on any atom is 0.124 e. The number of ether oxygens (including phenoxy) is 1. The largest absolute Gasteiger partial charge is 0.496 e. The van der Waals surface area contributed by atoms with E-state index in [1.165, 1.54) is 0 Å². The Morgan fingerprint density at radius 2 is 2.07 bits per heavy atom. The normalized spacial score (nSPS) is 14.9. The Kier molecular flexibility index (Phi) is 4.41. The lowest BCUT2D eigenvalue weighted by molar-refractivity contribution is 0.177. The second-order valence-corrected chi connectivity index (χ2v) is 5.37. The van der Waals surface area contributed by atoms with Crippen LogP contribution in [0.2, 0.25) is 0 Å². The van der Waals surface area contributed by atoms with Crippen molar-refractivity contribution in [3.8, 4) is 5.75 Å². The summed E-state index contributed by atoms with van der Waals surface area (Å²) in [6.45, 7) is 1.89. The molecule has 1 rings (SSSR count). The first-order chi connectivity index (χ1) is 6.56. The molecule has 1 N–H and O–H groups in total. The Bertz CT molecular complexity index is 313. The van der Waals surface area contributed by atoms with Gasteiger partial charge in [-0.1, -0.05) is 31.9 Å². The Labute approximate surface area is 101 Å². The van der Waals surface area contributed by atoms with Crippen molar-refractivity contribution in [2.24, 2.45) is 0 Å². The fourth-order valence-electron chi connectivity index (χ4n) is 1.18. The molecule has 0 spiro atoms. The number of halogens is 2. The lowest BCUT2D eigenvalue weighted by atomic mass is 10.1. The Balaban J connectivity index is 3.10. The monoisotopic (exact) mass is 322 g/mol. The summed E-state index contributed by atoms with van der Waals surface area (Å²) in [5.41, 5.74) is 0.784. The summed E-state index contributed by atoms with van der Waals surface area (Å²) in [5, 5.41) is 9.89. The Hall–Kier alpha value is -0.0600. The fraction of sp³-hybridized carbons (Fsp3) is 0.400. The molecule has 2 unspecified atom stereocenters. The molecular weight excluding hydrogens is 312 g/mol. The summed E-state index contributed by atoms with van der Waals surface area (Å²) in [7, 11) is 1.60. The third kappa shape index (κ3) is 2.72. The van der Waals surface area contributed by atoms with Crippen LogP contribution in [0.15, 0.2) is 22.7 Å². The molecule has 0 fully saturated rings. The van der Waals surface area contributed by atoms with Crippen molar-refractivity contribution in [3.63, 3.8) is 0 Å². The summed E-state index contributed by atoms with van der Waals surface area (Å²) in [6.07, 6.45) is -0.567. The minimum absolute atomic E-state index is 0.00861. The average Bonchev–Trinajstić information content (AvgIpc) is 2.16. The number of aliphatic hydroxyl groups excluding tert-OH is 1. The second kappa shape index (κ2) is 5.14. The van der Waals surface area contributed by atoms with Crippen LogP contribution < -0.4 is 4.74 Å². The van der Waals surface area contributed by atoms with E-state index in [0.717, 1.165) is 10.0 Å². The van der Waals surface area contributed by atoms with Crippen LogP contribution in [0.3, 0.4) is 0 Å². The van der Waals surface area contributed by atoms with Crippen LogP contribution in [0.5, 0.6) is 5.75 Å². The van der Waals surface area contributed by atoms with E-state index in [9.17, 15) is 5.11 Å². The molecule has 2 atom stereocenters. The quantitative estimate of drug-likeness (QED) is 0.865. The van der Waals surface area contributed by atoms with Crippen molar-refractivity contribution in [2.45, 2.75) is 17.9 Å². The first-order valence-corrected chi connectivity index (χ1v) is 5.92. The summed E-state index contributed by atoms with van der Waals surface area (Å²) < 4.78 is 6.10. The highest BCUT2D eigenvalue weighted by atomic mass is 79.9. The van der Waals surface area contributed by atoms with Crippen LogP contribution in [0.1, 0.15) is 18.6 Å². The molecule has 0 aromatic heterocycles. The Morgan fingerprint density at radius 3 is 2.57 bits per heavy atom. The van der Waals surface area contributed by atoms with E-state index in [1.54, 1.807) is 7.11 Å². The maximum absolute atomic E-state index is 9.89. The van der Waals surface area contributed by atoms with Gasteiger partial charge in [-0.25, -0.2) is 0 Å². The van der Waals surface area contributed by atoms with Crippen molar-refractivity contribution < 1.29 is 9.84 Å². The smallest absolute Gasteiger partial charge is 0.124 e. The number of aliphatic hydroxyl groups is 1. The molecule has 1 aromatic carbocycles. The standard InChI is InChI=1S/C10H12Br2O2/c1-6(11)10(13)8-5-7(12)3-4-9(8)14-2/h3-6,10,13H,1-2H3. The lowest BCUT2D eigenvalue weighted by Gasteiger charge is -2.17. The fourth-order valence-corrected chi connectivity index (χ4v) is 1.85. The van der Waals surface area contributed by atoms with Crippen molar-refractivity contribution >= 4 is 31.9 Å². The molecule has 0 radical (unpaired) electrons. The van der Waals surface area contributed by atoms with Crippen LogP contribution in [0, 0.1) is 0 Å². The van der Waals surface area contributed by atoms with Gasteiger partial charge in [0.2, 0.25) is 0 Å². The van der Waals surface area contributed by atoms with E-state index in [2.05, 4.69) is 31.9 Å². The molecule has 4 heteroatoms.